The molecule has 2 N–H and O–H groups in total. The van der Waals surface area contributed by atoms with Gasteiger partial charge >= 0.3 is 0 Å². The molecule has 1 aliphatic rings. The summed E-state index contributed by atoms with van der Waals surface area (Å²) < 4.78 is 0.537. The maximum absolute atomic E-state index is 7.73. The van der Waals surface area contributed by atoms with Crippen LogP contribution in [0.25, 0.3) is 11.3 Å². The minimum Gasteiger partial charge on any atom is -0.340 e. The number of anilines is 2. The summed E-state index contributed by atoms with van der Waals surface area (Å²) in [5.74, 6) is 2.28. The summed E-state index contributed by atoms with van der Waals surface area (Å²) in [6.07, 6.45) is 2.34. The minimum absolute atomic E-state index is 0.484. The Morgan fingerprint density at radius 1 is 1.00 bits per heavy atom. The summed E-state index contributed by atoms with van der Waals surface area (Å²) in [6.45, 7) is 4.17. The maximum atomic E-state index is 7.73. The molecular formula is C22H21IN4. The number of halogens is 1. The first-order valence-electron chi connectivity index (χ1n) is 9.08. The lowest BCUT2D eigenvalue weighted by atomic mass is 10.1. The van der Waals surface area contributed by atoms with Gasteiger partial charge in [-0.25, -0.2) is 9.97 Å². The Bertz CT molecular complexity index is 990. The van der Waals surface area contributed by atoms with Crippen LogP contribution in [0.5, 0.6) is 0 Å². The van der Waals surface area contributed by atoms with Crippen molar-refractivity contribution in [3.8, 4) is 11.3 Å². The van der Waals surface area contributed by atoms with E-state index >= 15 is 0 Å². The van der Waals surface area contributed by atoms with Gasteiger partial charge in [-0.2, -0.15) is 0 Å². The van der Waals surface area contributed by atoms with Gasteiger partial charge < -0.3 is 5.32 Å². The lowest BCUT2D eigenvalue weighted by Crippen LogP contribution is -2.05. The molecule has 0 amide bonds. The first-order chi connectivity index (χ1) is 13.0. The van der Waals surface area contributed by atoms with Crippen molar-refractivity contribution >= 4 is 37.8 Å². The average molecular weight is 468 g/mol. The zero-order valence-electron chi connectivity index (χ0n) is 15.4. The van der Waals surface area contributed by atoms with E-state index in [1.54, 1.807) is 0 Å². The van der Waals surface area contributed by atoms with E-state index in [9.17, 15) is 0 Å². The van der Waals surface area contributed by atoms with Crippen molar-refractivity contribution in [3.63, 3.8) is 0 Å². The second-order valence-electron chi connectivity index (χ2n) is 7.06. The van der Waals surface area contributed by atoms with Crippen molar-refractivity contribution in [2.24, 2.45) is 0 Å². The van der Waals surface area contributed by atoms with Gasteiger partial charge in [0.05, 0.1) is 9.41 Å². The van der Waals surface area contributed by atoms with Crippen LogP contribution in [-0.4, -0.2) is 13.7 Å². The molecule has 1 fully saturated rings. The molecule has 4 rings (SSSR count). The zero-order valence-corrected chi connectivity index (χ0v) is 17.5. The molecule has 0 unspecified atom stereocenters. The van der Waals surface area contributed by atoms with Crippen molar-refractivity contribution in [3.05, 3.63) is 71.0 Å². The van der Waals surface area contributed by atoms with E-state index < -0.39 is 0 Å². The molecule has 0 saturated heterocycles. The summed E-state index contributed by atoms with van der Waals surface area (Å²) >= 11 is 2.02. The highest BCUT2D eigenvalue weighted by Crippen LogP contribution is 2.40. The Morgan fingerprint density at radius 3 is 2.26 bits per heavy atom. The van der Waals surface area contributed by atoms with Gasteiger partial charge in [0.15, 0.2) is 0 Å². The van der Waals surface area contributed by atoms with E-state index in [0.717, 1.165) is 39.7 Å². The van der Waals surface area contributed by atoms with Crippen molar-refractivity contribution in [1.29, 1.82) is 5.41 Å². The maximum Gasteiger partial charge on any atom is 0.137 e. The Morgan fingerprint density at radius 2 is 1.67 bits per heavy atom. The van der Waals surface area contributed by atoms with E-state index in [2.05, 4.69) is 43.4 Å². The fourth-order valence-corrected chi connectivity index (χ4v) is 3.37. The van der Waals surface area contributed by atoms with Crippen LogP contribution < -0.4 is 5.32 Å². The fraction of sp³-hybridized carbons (Fsp3) is 0.227. The quantitative estimate of drug-likeness (QED) is 0.349. The largest absolute Gasteiger partial charge is 0.340 e. The third-order valence-corrected chi connectivity index (χ3v) is 5.45. The normalized spacial score (nSPS) is 13.4. The molecule has 4 nitrogen and oxygen atoms in total. The Balaban J connectivity index is 1.73. The van der Waals surface area contributed by atoms with Crippen LogP contribution in [0.1, 0.15) is 41.3 Å². The van der Waals surface area contributed by atoms with Gasteiger partial charge in [-0.15, -0.1) is 0 Å². The van der Waals surface area contributed by atoms with Gasteiger partial charge in [0.2, 0.25) is 0 Å². The zero-order chi connectivity index (χ0) is 19.0. The first kappa shape index (κ1) is 18.1. The van der Waals surface area contributed by atoms with E-state index in [0.29, 0.717) is 9.64 Å². The third kappa shape index (κ3) is 4.03. The number of rotatable bonds is 5. The highest BCUT2D eigenvalue weighted by Gasteiger charge is 2.28. The summed E-state index contributed by atoms with van der Waals surface area (Å²) in [7, 11) is 0. The molecule has 27 heavy (non-hydrogen) atoms. The number of nitrogens with one attached hydrogen (secondary N) is 2. The lowest BCUT2D eigenvalue weighted by molar-refractivity contribution is 0.926. The molecule has 1 aliphatic carbocycles. The smallest absolute Gasteiger partial charge is 0.137 e. The molecule has 0 atom stereocenters. The molecule has 1 aromatic heterocycles. The topological polar surface area (TPSA) is 61.7 Å². The third-order valence-electron chi connectivity index (χ3n) is 4.83. The molecule has 0 aliphatic heterocycles. The van der Waals surface area contributed by atoms with Gasteiger partial charge in [0.25, 0.3) is 0 Å². The molecule has 1 saturated carbocycles. The second kappa shape index (κ2) is 7.38. The lowest BCUT2D eigenvalue weighted by Gasteiger charge is -2.15. The molecule has 1 heterocycles. The van der Waals surface area contributed by atoms with Crippen LogP contribution in [-0.2, 0) is 0 Å². The molecular weight excluding hydrogens is 447 g/mol. The number of hydrogen-bond acceptors (Lipinski definition) is 4. The number of aryl methyl sites for hydroxylation is 1. The van der Waals surface area contributed by atoms with Gasteiger partial charge in [0.1, 0.15) is 11.6 Å². The summed E-state index contributed by atoms with van der Waals surface area (Å²) in [5.41, 5.74) is 6.30. The Kier molecular flexibility index (Phi) is 4.95. The number of benzene rings is 2. The van der Waals surface area contributed by atoms with Crippen molar-refractivity contribution in [2.45, 2.75) is 32.6 Å². The van der Waals surface area contributed by atoms with Crippen molar-refractivity contribution < 1.29 is 0 Å². The monoisotopic (exact) mass is 468 g/mol. The van der Waals surface area contributed by atoms with E-state index in [1.807, 2.05) is 46.9 Å². The molecule has 0 bridgehead atoms. The SMILES string of the molecule is Cc1ccc(-c2nc(C3CC3)nc(Nc3ccc(C(=N)I)cc3)c2C)cc1. The predicted molar refractivity (Wildman–Crippen MR) is 119 cm³/mol. The first-order valence-corrected chi connectivity index (χ1v) is 10.2. The minimum atomic E-state index is 0.484. The highest BCUT2D eigenvalue weighted by atomic mass is 127. The molecule has 136 valence electrons. The number of nitrogens with zero attached hydrogens (tertiary/aromatic N) is 2. The van der Waals surface area contributed by atoms with E-state index in [-0.39, 0.29) is 0 Å². The summed E-state index contributed by atoms with van der Waals surface area (Å²) in [6, 6.07) is 16.4. The Hall–Kier alpha value is -2.28. The van der Waals surface area contributed by atoms with Gasteiger partial charge in [-0.05, 0) is 61.4 Å². The van der Waals surface area contributed by atoms with Crippen LogP contribution >= 0.6 is 22.6 Å². The van der Waals surface area contributed by atoms with Crippen LogP contribution in [0.15, 0.2) is 48.5 Å². The molecule has 3 aromatic rings. The van der Waals surface area contributed by atoms with Crippen molar-refractivity contribution in [1.82, 2.24) is 9.97 Å². The highest BCUT2D eigenvalue weighted by molar-refractivity contribution is 14.1. The molecule has 0 radical (unpaired) electrons. The predicted octanol–water partition coefficient (Wildman–Crippen LogP) is 6.14. The molecule has 2 aromatic carbocycles. The van der Waals surface area contributed by atoms with Gasteiger partial charge in [-0.1, -0.05) is 42.0 Å². The second-order valence-corrected chi connectivity index (χ2v) is 8.14. The van der Waals surface area contributed by atoms with Crippen molar-refractivity contribution in [2.75, 3.05) is 5.32 Å². The van der Waals surface area contributed by atoms with Crippen LogP contribution in [0.3, 0.4) is 0 Å². The van der Waals surface area contributed by atoms with Gasteiger partial charge in [0, 0.05) is 28.3 Å². The molecule has 0 spiro atoms. The number of hydrogen-bond donors (Lipinski definition) is 2. The fourth-order valence-electron chi connectivity index (χ4n) is 3.01. The summed E-state index contributed by atoms with van der Waals surface area (Å²) in [5, 5.41) is 11.2. The van der Waals surface area contributed by atoms with Crippen LogP contribution in [0.4, 0.5) is 11.5 Å². The van der Waals surface area contributed by atoms with E-state index in [1.165, 1.54) is 18.4 Å². The standard InChI is InChI=1S/C22H21IN4/c1-13-3-5-15(6-4-13)19-14(2)21(27-22(26-19)17-7-8-17)25-18-11-9-16(10-12-18)20(23)24/h3-6,9-12,17,24H,7-8H2,1-2H3,(H,25,26,27). The van der Waals surface area contributed by atoms with Gasteiger partial charge in [-0.3, -0.25) is 5.41 Å². The molecule has 5 heteroatoms. The Labute approximate surface area is 173 Å². The number of aromatic nitrogens is 2. The van der Waals surface area contributed by atoms with Crippen LogP contribution in [0, 0.1) is 19.3 Å². The van der Waals surface area contributed by atoms with E-state index in [4.69, 9.17) is 15.4 Å². The summed E-state index contributed by atoms with van der Waals surface area (Å²) in [4.78, 5) is 9.72. The van der Waals surface area contributed by atoms with Crippen LogP contribution in [0.2, 0.25) is 0 Å². The average Bonchev–Trinajstić information content (AvgIpc) is 3.50.